The molecule has 5 heteroatoms. The first-order chi connectivity index (χ1) is 14.4. The van der Waals surface area contributed by atoms with Crippen molar-refractivity contribution < 1.29 is 9.53 Å². The predicted octanol–water partition coefficient (Wildman–Crippen LogP) is 5.96. The molecule has 0 unspecified atom stereocenters. The quantitative estimate of drug-likeness (QED) is 0.297. The Hall–Kier alpha value is -2.92. The maximum atomic E-state index is 12.6. The van der Waals surface area contributed by atoms with Gasteiger partial charge in [-0.15, -0.1) is 11.8 Å². The van der Waals surface area contributed by atoms with Crippen molar-refractivity contribution in [2.75, 3.05) is 6.26 Å². The highest BCUT2D eigenvalue weighted by Gasteiger charge is 2.09. The van der Waals surface area contributed by atoms with Gasteiger partial charge in [-0.1, -0.05) is 36.8 Å². The van der Waals surface area contributed by atoms with Gasteiger partial charge < -0.3 is 15.8 Å². The summed E-state index contributed by atoms with van der Waals surface area (Å²) in [5, 5.41) is 2.93. The first-order valence-corrected chi connectivity index (χ1v) is 11.1. The van der Waals surface area contributed by atoms with Gasteiger partial charge in [0.1, 0.15) is 11.5 Å². The number of nitrogens with two attached hydrogens (primary N) is 1. The molecule has 0 saturated heterocycles. The average molecular weight is 423 g/mol. The topological polar surface area (TPSA) is 64.3 Å². The third-order valence-electron chi connectivity index (χ3n) is 4.52. The summed E-state index contributed by atoms with van der Waals surface area (Å²) >= 11 is 1.69. The lowest BCUT2D eigenvalue weighted by Crippen LogP contribution is -2.25. The van der Waals surface area contributed by atoms with Gasteiger partial charge >= 0.3 is 0 Å². The van der Waals surface area contributed by atoms with Gasteiger partial charge in [0.05, 0.1) is 5.57 Å². The Morgan fingerprint density at radius 1 is 1.13 bits per heavy atom. The highest BCUT2D eigenvalue weighted by atomic mass is 32.2. The van der Waals surface area contributed by atoms with Gasteiger partial charge in [-0.05, 0) is 74.6 Å². The monoisotopic (exact) mass is 422 g/mol. The molecular weight excluding hydrogens is 392 g/mol. The summed E-state index contributed by atoms with van der Waals surface area (Å²) in [4.78, 5) is 13.8. The Bertz CT molecular complexity index is 940. The van der Waals surface area contributed by atoms with E-state index in [0.29, 0.717) is 17.8 Å². The molecular formula is C25H30N2O2S. The Morgan fingerprint density at radius 3 is 2.50 bits per heavy atom. The fourth-order valence-corrected chi connectivity index (χ4v) is 3.00. The Labute approximate surface area is 183 Å². The zero-order chi connectivity index (χ0) is 21.9. The van der Waals surface area contributed by atoms with Crippen molar-refractivity contribution in [1.82, 2.24) is 5.32 Å². The molecule has 0 atom stereocenters. The van der Waals surface area contributed by atoms with Crippen LogP contribution >= 0.6 is 11.8 Å². The number of thioether (sulfide) groups is 1. The van der Waals surface area contributed by atoms with Crippen molar-refractivity contribution >= 4 is 17.7 Å². The minimum absolute atomic E-state index is 0.201. The van der Waals surface area contributed by atoms with Crippen LogP contribution in [0.15, 0.2) is 88.5 Å². The Kier molecular flexibility index (Phi) is 9.29. The maximum Gasteiger partial charge on any atom is 0.253 e. The fourth-order valence-electron chi connectivity index (χ4n) is 2.59. The van der Waals surface area contributed by atoms with Crippen molar-refractivity contribution in [3.63, 3.8) is 0 Å². The standard InChI is InChI=1S/C25H30N2O2S/c1-5-18(2)8-6-11-24(19(3)26)25(28)27-17-20-9-7-10-22(16-20)29-21-12-14-23(30-4)15-13-21/h6-16H,5,17,26H2,1-4H3,(H,27,28)/b11-6-,18-8?,24-19-. The van der Waals surface area contributed by atoms with Crippen LogP contribution < -0.4 is 15.8 Å². The number of hydrogen-bond donors (Lipinski definition) is 2. The second-order valence-electron chi connectivity index (χ2n) is 6.93. The van der Waals surface area contributed by atoms with Crippen LogP contribution in [0.4, 0.5) is 0 Å². The van der Waals surface area contributed by atoms with Crippen LogP contribution in [0, 0.1) is 0 Å². The molecule has 0 radical (unpaired) electrons. The molecule has 0 aliphatic heterocycles. The second-order valence-corrected chi connectivity index (χ2v) is 7.81. The Morgan fingerprint density at radius 2 is 1.87 bits per heavy atom. The smallest absolute Gasteiger partial charge is 0.253 e. The molecule has 2 aromatic carbocycles. The number of allylic oxidation sites excluding steroid dienone is 4. The SMILES string of the molecule is CCC(C)=C/C=C\C(C(=O)NCc1cccc(Oc2ccc(SC)cc2)c1)=C(/C)N. The number of hydrogen-bond acceptors (Lipinski definition) is 4. The first-order valence-electron chi connectivity index (χ1n) is 9.92. The van der Waals surface area contributed by atoms with Crippen LogP contribution in [0.3, 0.4) is 0 Å². The van der Waals surface area contributed by atoms with Crippen molar-refractivity contribution in [3.8, 4) is 11.5 Å². The minimum atomic E-state index is -0.201. The summed E-state index contributed by atoms with van der Waals surface area (Å²) in [6.07, 6.45) is 8.61. The van der Waals surface area contributed by atoms with Crippen molar-refractivity contribution in [2.24, 2.45) is 5.73 Å². The molecule has 0 aliphatic rings. The number of amides is 1. The van der Waals surface area contributed by atoms with Crippen molar-refractivity contribution in [1.29, 1.82) is 0 Å². The van der Waals surface area contributed by atoms with Crippen LogP contribution in [0.2, 0.25) is 0 Å². The number of nitrogens with one attached hydrogen (secondary N) is 1. The van der Waals surface area contributed by atoms with E-state index in [1.54, 1.807) is 24.8 Å². The third-order valence-corrected chi connectivity index (χ3v) is 5.26. The molecule has 0 fully saturated rings. The van der Waals surface area contributed by atoms with E-state index in [9.17, 15) is 4.79 Å². The Balaban J connectivity index is 2.01. The fraction of sp³-hybridized carbons (Fsp3) is 0.240. The van der Waals surface area contributed by atoms with Gasteiger partial charge in [-0.3, -0.25) is 4.79 Å². The molecule has 4 nitrogen and oxygen atoms in total. The maximum absolute atomic E-state index is 12.6. The summed E-state index contributed by atoms with van der Waals surface area (Å²) in [7, 11) is 0. The molecule has 0 saturated carbocycles. The largest absolute Gasteiger partial charge is 0.457 e. The van der Waals surface area contributed by atoms with Crippen molar-refractivity contribution in [2.45, 2.75) is 38.6 Å². The molecule has 2 aromatic rings. The summed E-state index contributed by atoms with van der Waals surface area (Å²) in [5.41, 5.74) is 9.05. The van der Waals surface area contributed by atoms with E-state index in [1.807, 2.05) is 66.9 Å². The van der Waals surface area contributed by atoms with E-state index in [4.69, 9.17) is 10.5 Å². The molecule has 3 N–H and O–H groups in total. The molecule has 0 bridgehead atoms. The number of carbonyl (C=O) groups is 1. The van der Waals surface area contributed by atoms with Crippen LogP contribution in [0.5, 0.6) is 11.5 Å². The number of ether oxygens (including phenoxy) is 1. The van der Waals surface area contributed by atoms with Gasteiger partial charge in [0.25, 0.3) is 5.91 Å². The first kappa shape index (κ1) is 23.4. The highest BCUT2D eigenvalue weighted by molar-refractivity contribution is 7.98. The number of benzene rings is 2. The van der Waals surface area contributed by atoms with Crippen molar-refractivity contribution in [3.05, 3.63) is 89.2 Å². The molecule has 158 valence electrons. The van der Waals surface area contributed by atoms with E-state index in [-0.39, 0.29) is 5.91 Å². The number of carbonyl (C=O) groups excluding carboxylic acids is 1. The van der Waals surface area contributed by atoms with E-state index in [2.05, 4.69) is 19.2 Å². The zero-order valence-electron chi connectivity index (χ0n) is 18.1. The van der Waals surface area contributed by atoms with Crippen LogP contribution in [-0.4, -0.2) is 12.2 Å². The lowest BCUT2D eigenvalue weighted by Gasteiger charge is -2.10. The highest BCUT2D eigenvalue weighted by Crippen LogP contribution is 2.25. The van der Waals surface area contributed by atoms with Crippen LogP contribution in [0.25, 0.3) is 0 Å². The molecule has 1 amide bonds. The summed E-state index contributed by atoms with van der Waals surface area (Å²) in [6.45, 7) is 6.26. The normalized spacial score (nSPS) is 12.6. The molecule has 0 heterocycles. The molecule has 0 aromatic heterocycles. The van der Waals surface area contributed by atoms with Gasteiger partial charge in [0.15, 0.2) is 0 Å². The molecule has 0 spiro atoms. The van der Waals surface area contributed by atoms with Crippen LogP contribution in [-0.2, 0) is 11.3 Å². The number of rotatable bonds is 9. The minimum Gasteiger partial charge on any atom is -0.457 e. The zero-order valence-corrected chi connectivity index (χ0v) is 18.9. The lowest BCUT2D eigenvalue weighted by atomic mass is 10.1. The predicted molar refractivity (Wildman–Crippen MR) is 127 cm³/mol. The van der Waals surface area contributed by atoms with E-state index in [1.165, 1.54) is 10.5 Å². The molecule has 2 rings (SSSR count). The molecule has 0 aliphatic carbocycles. The molecule has 30 heavy (non-hydrogen) atoms. The van der Waals surface area contributed by atoms with E-state index < -0.39 is 0 Å². The average Bonchev–Trinajstić information content (AvgIpc) is 2.75. The van der Waals surface area contributed by atoms with E-state index >= 15 is 0 Å². The van der Waals surface area contributed by atoms with Gasteiger partial charge in [0, 0.05) is 17.1 Å². The van der Waals surface area contributed by atoms with Gasteiger partial charge in [-0.25, -0.2) is 0 Å². The van der Waals surface area contributed by atoms with Crippen LogP contribution in [0.1, 0.15) is 32.8 Å². The van der Waals surface area contributed by atoms with Gasteiger partial charge in [-0.2, -0.15) is 0 Å². The van der Waals surface area contributed by atoms with E-state index in [0.717, 1.165) is 23.5 Å². The summed E-state index contributed by atoms with van der Waals surface area (Å²) < 4.78 is 5.93. The summed E-state index contributed by atoms with van der Waals surface area (Å²) in [5.74, 6) is 1.30. The lowest BCUT2D eigenvalue weighted by molar-refractivity contribution is -0.117. The van der Waals surface area contributed by atoms with Gasteiger partial charge in [0.2, 0.25) is 0 Å². The second kappa shape index (κ2) is 11.9. The summed E-state index contributed by atoms with van der Waals surface area (Å²) in [6, 6.07) is 15.6. The third kappa shape index (κ3) is 7.48.